The van der Waals surface area contributed by atoms with Crippen molar-refractivity contribution in [2.24, 2.45) is 0 Å². The first-order valence-electron chi connectivity index (χ1n) is 9.83. The Labute approximate surface area is 191 Å². The molecule has 8 heteroatoms. The Bertz CT molecular complexity index is 960. The summed E-state index contributed by atoms with van der Waals surface area (Å²) in [5.41, 5.74) is 1.44. The number of thiazole rings is 1. The van der Waals surface area contributed by atoms with Gasteiger partial charge in [0.25, 0.3) is 5.91 Å². The SMILES string of the molecule is COCCCN(Cc1csc(COc2ccc(Cl)cc2)n1)C(=O)c1ccc(OC)cc1. The molecule has 0 spiro atoms. The molecule has 1 amide bonds. The van der Waals surface area contributed by atoms with Gasteiger partial charge in [-0.15, -0.1) is 11.3 Å². The van der Waals surface area contributed by atoms with Crippen LogP contribution in [0.25, 0.3) is 0 Å². The van der Waals surface area contributed by atoms with E-state index in [0.29, 0.717) is 42.6 Å². The van der Waals surface area contributed by atoms with E-state index in [1.165, 1.54) is 11.3 Å². The van der Waals surface area contributed by atoms with Crippen molar-refractivity contribution in [3.63, 3.8) is 0 Å². The second kappa shape index (κ2) is 11.7. The molecule has 0 bridgehead atoms. The summed E-state index contributed by atoms with van der Waals surface area (Å²) < 4.78 is 16.1. The average molecular weight is 461 g/mol. The molecular formula is C23H25ClN2O4S. The topological polar surface area (TPSA) is 60.9 Å². The van der Waals surface area contributed by atoms with Gasteiger partial charge in [-0.1, -0.05) is 11.6 Å². The van der Waals surface area contributed by atoms with Crippen LogP contribution < -0.4 is 9.47 Å². The number of rotatable bonds is 11. The molecule has 0 saturated heterocycles. The van der Waals surface area contributed by atoms with Gasteiger partial charge in [0.1, 0.15) is 23.1 Å². The summed E-state index contributed by atoms with van der Waals surface area (Å²) in [6, 6.07) is 14.3. The number of carbonyl (C=O) groups is 1. The van der Waals surface area contributed by atoms with Crippen LogP contribution in [-0.2, 0) is 17.9 Å². The van der Waals surface area contributed by atoms with Gasteiger partial charge in [0.15, 0.2) is 0 Å². The van der Waals surface area contributed by atoms with Gasteiger partial charge in [-0.3, -0.25) is 4.79 Å². The molecule has 3 aromatic rings. The number of nitrogens with zero attached hydrogens (tertiary/aromatic N) is 2. The predicted molar refractivity (Wildman–Crippen MR) is 122 cm³/mol. The molecule has 0 radical (unpaired) electrons. The van der Waals surface area contributed by atoms with Gasteiger partial charge in [-0.25, -0.2) is 4.98 Å². The minimum Gasteiger partial charge on any atom is -0.497 e. The van der Waals surface area contributed by atoms with Gasteiger partial charge in [0.2, 0.25) is 0 Å². The molecular weight excluding hydrogens is 436 g/mol. The largest absolute Gasteiger partial charge is 0.497 e. The Kier molecular flexibility index (Phi) is 8.70. The number of ether oxygens (including phenoxy) is 3. The zero-order chi connectivity index (χ0) is 22.1. The minimum absolute atomic E-state index is 0.0503. The Hall–Kier alpha value is -2.61. The molecule has 0 unspecified atom stereocenters. The number of hydrogen-bond acceptors (Lipinski definition) is 6. The third kappa shape index (κ3) is 6.95. The highest BCUT2D eigenvalue weighted by Crippen LogP contribution is 2.20. The summed E-state index contributed by atoms with van der Waals surface area (Å²) in [6.07, 6.45) is 0.745. The third-order valence-electron chi connectivity index (χ3n) is 4.53. The lowest BCUT2D eigenvalue weighted by Gasteiger charge is -2.22. The second-order valence-corrected chi connectivity index (χ2v) is 8.16. The number of halogens is 1. The van der Waals surface area contributed by atoms with Crippen LogP contribution in [0, 0.1) is 0 Å². The zero-order valence-electron chi connectivity index (χ0n) is 17.5. The monoisotopic (exact) mass is 460 g/mol. The van der Waals surface area contributed by atoms with Crippen molar-refractivity contribution in [2.45, 2.75) is 19.6 Å². The van der Waals surface area contributed by atoms with Crippen LogP contribution in [0.5, 0.6) is 11.5 Å². The fraction of sp³-hybridized carbons (Fsp3) is 0.304. The van der Waals surface area contributed by atoms with E-state index in [1.54, 1.807) is 55.5 Å². The normalized spacial score (nSPS) is 10.7. The van der Waals surface area contributed by atoms with E-state index in [1.807, 2.05) is 17.5 Å². The van der Waals surface area contributed by atoms with Crippen molar-refractivity contribution >= 4 is 28.8 Å². The number of carbonyl (C=O) groups excluding carboxylic acids is 1. The summed E-state index contributed by atoms with van der Waals surface area (Å²) >= 11 is 7.41. The zero-order valence-corrected chi connectivity index (χ0v) is 19.1. The Morgan fingerprint density at radius 2 is 1.77 bits per heavy atom. The highest BCUT2D eigenvalue weighted by molar-refractivity contribution is 7.09. The van der Waals surface area contributed by atoms with Crippen molar-refractivity contribution in [1.29, 1.82) is 0 Å². The summed E-state index contributed by atoms with van der Waals surface area (Å²) in [5.74, 6) is 1.40. The molecule has 0 fully saturated rings. The van der Waals surface area contributed by atoms with Crippen molar-refractivity contribution in [2.75, 3.05) is 27.4 Å². The average Bonchev–Trinajstić information content (AvgIpc) is 3.25. The number of aromatic nitrogens is 1. The van der Waals surface area contributed by atoms with Crippen LogP contribution in [0.15, 0.2) is 53.9 Å². The van der Waals surface area contributed by atoms with Crippen LogP contribution in [0.2, 0.25) is 5.02 Å². The molecule has 1 aromatic heterocycles. The van der Waals surface area contributed by atoms with Crippen molar-refractivity contribution < 1.29 is 19.0 Å². The third-order valence-corrected chi connectivity index (χ3v) is 5.65. The van der Waals surface area contributed by atoms with Crippen LogP contribution in [0.3, 0.4) is 0 Å². The fourth-order valence-corrected chi connectivity index (χ4v) is 3.75. The van der Waals surface area contributed by atoms with E-state index in [9.17, 15) is 4.79 Å². The number of benzene rings is 2. The van der Waals surface area contributed by atoms with E-state index < -0.39 is 0 Å². The van der Waals surface area contributed by atoms with Gasteiger partial charge in [0.05, 0.1) is 19.3 Å². The molecule has 0 N–H and O–H groups in total. The fourth-order valence-electron chi connectivity index (χ4n) is 2.93. The lowest BCUT2D eigenvalue weighted by molar-refractivity contribution is 0.0721. The van der Waals surface area contributed by atoms with Gasteiger partial charge in [-0.2, -0.15) is 0 Å². The quantitative estimate of drug-likeness (QED) is 0.374. The van der Waals surface area contributed by atoms with Crippen LogP contribution in [0.1, 0.15) is 27.5 Å². The minimum atomic E-state index is -0.0503. The summed E-state index contributed by atoms with van der Waals surface area (Å²) in [5, 5.41) is 3.48. The first kappa shape index (κ1) is 23.1. The van der Waals surface area contributed by atoms with Crippen molar-refractivity contribution in [1.82, 2.24) is 9.88 Å². The number of hydrogen-bond donors (Lipinski definition) is 0. The maximum absolute atomic E-state index is 13.1. The van der Waals surface area contributed by atoms with E-state index in [2.05, 4.69) is 4.98 Å². The number of amides is 1. The lowest BCUT2D eigenvalue weighted by Crippen LogP contribution is -2.32. The highest BCUT2D eigenvalue weighted by atomic mass is 35.5. The maximum Gasteiger partial charge on any atom is 0.254 e. The molecule has 0 atom stereocenters. The Morgan fingerprint density at radius 3 is 2.45 bits per heavy atom. The molecule has 0 aliphatic carbocycles. The first-order chi connectivity index (χ1) is 15.1. The predicted octanol–water partition coefficient (Wildman–Crippen LogP) is 5.06. The van der Waals surface area contributed by atoms with Gasteiger partial charge >= 0.3 is 0 Å². The maximum atomic E-state index is 13.1. The first-order valence-corrected chi connectivity index (χ1v) is 11.1. The lowest BCUT2D eigenvalue weighted by atomic mass is 10.2. The van der Waals surface area contributed by atoms with E-state index in [0.717, 1.165) is 22.9 Å². The van der Waals surface area contributed by atoms with Gasteiger partial charge in [-0.05, 0) is 55.0 Å². The van der Waals surface area contributed by atoms with E-state index in [-0.39, 0.29) is 5.91 Å². The Morgan fingerprint density at radius 1 is 1.06 bits per heavy atom. The van der Waals surface area contributed by atoms with Gasteiger partial charge < -0.3 is 19.1 Å². The number of methoxy groups -OCH3 is 2. The molecule has 164 valence electrons. The summed E-state index contributed by atoms with van der Waals surface area (Å²) in [4.78, 5) is 19.5. The molecule has 1 heterocycles. The van der Waals surface area contributed by atoms with Crippen LogP contribution in [-0.4, -0.2) is 43.2 Å². The van der Waals surface area contributed by atoms with Crippen molar-refractivity contribution in [3.05, 3.63) is 75.2 Å². The molecule has 0 aliphatic heterocycles. The summed E-state index contributed by atoms with van der Waals surface area (Å²) in [6.45, 7) is 1.95. The standard InChI is InChI=1S/C23H25ClN2O4S/c1-28-13-3-12-26(23(27)17-4-8-20(29-2)9-5-17)14-19-16-31-22(25-19)15-30-21-10-6-18(24)7-11-21/h4-11,16H,3,12-15H2,1-2H3. The van der Waals surface area contributed by atoms with Crippen LogP contribution in [0.4, 0.5) is 0 Å². The molecule has 6 nitrogen and oxygen atoms in total. The smallest absolute Gasteiger partial charge is 0.254 e. The van der Waals surface area contributed by atoms with Crippen LogP contribution >= 0.6 is 22.9 Å². The van der Waals surface area contributed by atoms with E-state index in [4.69, 9.17) is 25.8 Å². The molecule has 2 aromatic carbocycles. The van der Waals surface area contributed by atoms with Crippen molar-refractivity contribution in [3.8, 4) is 11.5 Å². The molecule has 0 aliphatic rings. The van der Waals surface area contributed by atoms with E-state index >= 15 is 0 Å². The Balaban J connectivity index is 1.64. The molecule has 0 saturated carbocycles. The molecule has 31 heavy (non-hydrogen) atoms. The molecule has 3 rings (SSSR count). The second-order valence-electron chi connectivity index (χ2n) is 6.78. The summed E-state index contributed by atoms with van der Waals surface area (Å²) in [7, 11) is 3.26. The highest BCUT2D eigenvalue weighted by Gasteiger charge is 2.18. The van der Waals surface area contributed by atoms with Gasteiger partial charge in [0, 0.05) is 36.2 Å².